The van der Waals surface area contributed by atoms with E-state index in [1.54, 1.807) is 12.3 Å². The molecule has 2 heteroatoms. The molecule has 0 radical (unpaired) electrons. The quantitative estimate of drug-likeness (QED) is 0.399. The van der Waals surface area contributed by atoms with Crippen molar-refractivity contribution in [2.75, 3.05) is 0 Å². The first-order valence-corrected chi connectivity index (χ1v) is 2.03. The average molecular weight is 92.1 g/mol. The van der Waals surface area contributed by atoms with E-state index in [-0.39, 0.29) is 0 Å². The molecule has 0 spiro atoms. The SMILES string of the molecule is [C-]#[N+]C1=CCC=N1. The van der Waals surface area contributed by atoms with Gasteiger partial charge in [-0.1, -0.05) is 12.6 Å². The lowest BCUT2D eigenvalue weighted by Crippen LogP contribution is -1.53. The minimum Gasteiger partial charge on any atom is -0.361 e. The highest BCUT2D eigenvalue weighted by molar-refractivity contribution is 5.65. The van der Waals surface area contributed by atoms with Gasteiger partial charge in [-0.25, -0.2) is 0 Å². The summed E-state index contributed by atoms with van der Waals surface area (Å²) in [7, 11) is 0. The van der Waals surface area contributed by atoms with Crippen LogP contribution in [0.2, 0.25) is 0 Å². The van der Waals surface area contributed by atoms with Gasteiger partial charge in [0.25, 0.3) is 5.82 Å². The Morgan fingerprint density at radius 1 is 1.86 bits per heavy atom. The van der Waals surface area contributed by atoms with Gasteiger partial charge >= 0.3 is 0 Å². The highest BCUT2D eigenvalue weighted by Crippen LogP contribution is 2.04. The molecule has 0 aromatic rings. The van der Waals surface area contributed by atoms with Gasteiger partial charge in [-0.15, -0.1) is 4.99 Å². The second-order valence-electron chi connectivity index (χ2n) is 1.22. The minimum atomic E-state index is 0.528. The molecule has 0 aromatic heterocycles. The van der Waals surface area contributed by atoms with Crippen LogP contribution in [0.3, 0.4) is 0 Å². The fourth-order valence-corrected chi connectivity index (χ4v) is 0.432. The van der Waals surface area contributed by atoms with Crippen LogP contribution in [0.1, 0.15) is 6.42 Å². The summed E-state index contributed by atoms with van der Waals surface area (Å²) in [5, 5.41) is 0. The summed E-state index contributed by atoms with van der Waals surface area (Å²) in [6.45, 7) is 6.44. The van der Waals surface area contributed by atoms with Gasteiger partial charge in [0, 0.05) is 6.42 Å². The van der Waals surface area contributed by atoms with Crippen LogP contribution in [0.25, 0.3) is 4.85 Å². The summed E-state index contributed by atoms with van der Waals surface area (Å²) in [5.74, 6) is 0.528. The van der Waals surface area contributed by atoms with Gasteiger partial charge in [-0.2, -0.15) is 0 Å². The molecule has 0 amide bonds. The summed E-state index contributed by atoms with van der Waals surface area (Å²) >= 11 is 0. The molecule has 7 heavy (non-hydrogen) atoms. The highest BCUT2D eigenvalue weighted by atomic mass is 14.9. The summed E-state index contributed by atoms with van der Waals surface area (Å²) in [6, 6.07) is 0. The Kier molecular flexibility index (Phi) is 0.910. The zero-order chi connectivity index (χ0) is 5.11. The molecular formula is C5H4N2. The first kappa shape index (κ1) is 4.07. The molecule has 1 aliphatic heterocycles. The highest BCUT2D eigenvalue weighted by Gasteiger charge is 1.94. The van der Waals surface area contributed by atoms with E-state index >= 15 is 0 Å². The van der Waals surface area contributed by atoms with Crippen molar-refractivity contribution in [3.63, 3.8) is 0 Å². The largest absolute Gasteiger partial charge is 0.361 e. The fraction of sp³-hybridized carbons (Fsp3) is 0.200. The van der Waals surface area contributed by atoms with Gasteiger partial charge in [0.1, 0.15) is 0 Å². The van der Waals surface area contributed by atoms with Crippen LogP contribution >= 0.6 is 0 Å². The number of hydrogen-bond acceptors (Lipinski definition) is 1. The lowest BCUT2D eigenvalue weighted by atomic mass is 10.5. The Morgan fingerprint density at radius 2 is 2.71 bits per heavy atom. The molecule has 2 nitrogen and oxygen atoms in total. The zero-order valence-electron chi connectivity index (χ0n) is 3.76. The molecule has 0 aromatic carbocycles. The molecule has 0 atom stereocenters. The molecule has 0 N–H and O–H groups in total. The van der Waals surface area contributed by atoms with E-state index in [0.29, 0.717) is 5.82 Å². The van der Waals surface area contributed by atoms with E-state index in [4.69, 9.17) is 6.57 Å². The second-order valence-corrected chi connectivity index (χ2v) is 1.22. The van der Waals surface area contributed by atoms with E-state index in [1.165, 1.54) is 0 Å². The molecule has 1 rings (SSSR count). The van der Waals surface area contributed by atoms with Gasteiger partial charge in [-0.05, 0) is 0 Å². The molecule has 34 valence electrons. The maximum atomic E-state index is 6.44. The predicted octanol–water partition coefficient (Wildman–Crippen LogP) is 1.22. The van der Waals surface area contributed by atoms with Crippen LogP contribution in [-0.2, 0) is 0 Å². The molecule has 1 aliphatic rings. The number of aliphatic imine (C=N–C) groups is 1. The molecule has 0 fully saturated rings. The Morgan fingerprint density at radius 3 is 3.00 bits per heavy atom. The number of nitrogens with zero attached hydrogens (tertiary/aromatic N) is 2. The van der Waals surface area contributed by atoms with E-state index in [1.807, 2.05) is 0 Å². The summed E-state index contributed by atoms with van der Waals surface area (Å²) in [5.41, 5.74) is 0. The van der Waals surface area contributed by atoms with Crippen LogP contribution < -0.4 is 0 Å². The van der Waals surface area contributed by atoms with Gasteiger partial charge in [-0.3, -0.25) is 0 Å². The van der Waals surface area contributed by atoms with Crippen molar-refractivity contribution < 1.29 is 0 Å². The zero-order valence-corrected chi connectivity index (χ0v) is 3.76. The van der Waals surface area contributed by atoms with E-state index in [9.17, 15) is 0 Å². The third-order valence-corrected chi connectivity index (χ3v) is 0.744. The van der Waals surface area contributed by atoms with Crippen molar-refractivity contribution >= 4 is 6.21 Å². The second kappa shape index (κ2) is 1.57. The Bertz CT molecular complexity index is 159. The van der Waals surface area contributed by atoms with Gasteiger partial charge in [0.2, 0.25) is 0 Å². The summed E-state index contributed by atoms with van der Waals surface area (Å²) in [4.78, 5) is 6.84. The van der Waals surface area contributed by atoms with E-state index in [0.717, 1.165) is 6.42 Å². The smallest absolute Gasteiger partial charge is 0.265 e. The fourth-order valence-electron chi connectivity index (χ4n) is 0.432. The van der Waals surface area contributed by atoms with Crippen LogP contribution in [0.15, 0.2) is 16.9 Å². The van der Waals surface area contributed by atoms with Crippen LogP contribution in [0.5, 0.6) is 0 Å². The van der Waals surface area contributed by atoms with Crippen molar-refractivity contribution in [3.05, 3.63) is 23.3 Å². The number of rotatable bonds is 0. The first-order valence-electron chi connectivity index (χ1n) is 2.03. The Hall–Kier alpha value is -1.10. The third kappa shape index (κ3) is 0.660. The first-order chi connectivity index (χ1) is 3.43. The van der Waals surface area contributed by atoms with Crippen molar-refractivity contribution in [2.24, 2.45) is 4.99 Å². The van der Waals surface area contributed by atoms with Crippen LogP contribution in [0.4, 0.5) is 0 Å². The monoisotopic (exact) mass is 92.0 g/mol. The normalized spacial score (nSPS) is 16.1. The maximum absolute atomic E-state index is 6.44. The standard InChI is InChI=1S/C5H4N2/c1-6-5-3-2-4-7-5/h3-4H,2H2. The Balaban J connectivity index is 2.75. The maximum Gasteiger partial charge on any atom is 0.265 e. The number of allylic oxidation sites excluding steroid dienone is 1. The molecule has 0 saturated heterocycles. The van der Waals surface area contributed by atoms with Gasteiger partial charge < -0.3 is 4.85 Å². The van der Waals surface area contributed by atoms with Crippen molar-refractivity contribution in [2.45, 2.75) is 6.42 Å². The van der Waals surface area contributed by atoms with Gasteiger partial charge in [0.05, 0.1) is 6.21 Å². The topological polar surface area (TPSA) is 16.7 Å². The van der Waals surface area contributed by atoms with Crippen molar-refractivity contribution in [1.82, 2.24) is 0 Å². The molecule has 0 bridgehead atoms. The van der Waals surface area contributed by atoms with E-state index in [2.05, 4.69) is 9.84 Å². The summed E-state index contributed by atoms with van der Waals surface area (Å²) in [6.07, 6.45) is 4.36. The van der Waals surface area contributed by atoms with Crippen molar-refractivity contribution in [1.29, 1.82) is 0 Å². The molecule has 0 aliphatic carbocycles. The van der Waals surface area contributed by atoms with Gasteiger partial charge in [0.15, 0.2) is 0 Å². The van der Waals surface area contributed by atoms with Crippen molar-refractivity contribution in [3.8, 4) is 0 Å². The predicted molar refractivity (Wildman–Crippen MR) is 27.8 cm³/mol. The third-order valence-electron chi connectivity index (χ3n) is 0.744. The van der Waals surface area contributed by atoms with E-state index < -0.39 is 0 Å². The average Bonchev–Trinajstić information content (AvgIpc) is 2.14. The lowest BCUT2D eigenvalue weighted by Gasteiger charge is -1.71. The number of hydrogen-bond donors (Lipinski definition) is 0. The molecule has 0 unspecified atom stereocenters. The van der Waals surface area contributed by atoms with Crippen LogP contribution in [0, 0.1) is 6.57 Å². The molecule has 0 saturated carbocycles. The van der Waals surface area contributed by atoms with Crippen LogP contribution in [-0.4, -0.2) is 6.21 Å². The minimum absolute atomic E-state index is 0.528. The molecule has 1 heterocycles. The Labute approximate surface area is 42.0 Å². The summed E-state index contributed by atoms with van der Waals surface area (Å²) < 4.78 is 0. The molecular weight excluding hydrogens is 88.1 g/mol. The lowest BCUT2D eigenvalue weighted by molar-refractivity contribution is 1.45.